The Kier molecular flexibility index (Phi) is 7.21. The zero-order valence-corrected chi connectivity index (χ0v) is 17.4. The fraction of sp³-hybridized carbons (Fsp3) is 0.524. The van der Waals surface area contributed by atoms with Crippen LogP contribution in [0, 0.1) is 0 Å². The molecule has 2 heterocycles. The Hall–Kier alpha value is -2.03. The zero-order valence-electron chi connectivity index (χ0n) is 16.6. The van der Waals surface area contributed by atoms with Gasteiger partial charge in [-0.3, -0.25) is 9.59 Å². The van der Waals surface area contributed by atoms with E-state index in [4.69, 9.17) is 9.47 Å². The highest BCUT2D eigenvalue weighted by molar-refractivity contribution is 8.14. The van der Waals surface area contributed by atoms with Crippen molar-refractivity contribution in [2.45, 2.75) is 56.1 Å². The minimum absolute atomic E-state index is 0.167. The maximum atomic E-state index is 12.7. The molecule has 0 saturated carbocycles. The van der Waals surface area contributed by atoms with Gasteiger partial charge in [0.15, 0.2) is 5.79 Å². The molecule has 0 aromatic heterocycles. The molecule has 2 saturated heterocycles. The van der Waals surface area contributed by atoms with Crippen LogP contribution >= 0.6 is 11.8 Å². The number of carbonyl (C=O) groups is 2. The predicted octanol–water partition coefficient (Wildman–Crippen LogP) is 2.84. The Balaban J connectivity index is 1.70. The Labute approximate surface area is 175 Å². The number of rotatable bonds is 8. The van der Waals surface area contributed by atoms with Crippen LogP contribution in [0.4, 0.5) is 4.79 Å². The highest BCUT2D eigenvalue weighted by Gasteiger charge is 2.48. The molecule has 2 fully saturated rings. The van der Waals surface area contributed by atoms with E-state index in [-0.39, 0.29) is 29.7 Å². The third kappa shape index (κ3) is 5.52. The first kappa shape index (κ1) is 21.7. The second-order valence-corrected chi connectivity index (χ2v) is 8.43. The van der Waals surface area contributed by atoms with Gasteiger partial charge in [-0.1, -0.05) is 17.8 Å². The Morgan fingerprint density at radius 3 is 2.86 bits per heavy atom. The zero-order chi connectivity index (χ0) is 20.9. The van der Waals surface area contributed by atoms with E-state index >= 15 is 0 Å². The van der Waals surface area contributed by atoms with Crippen molar-refractivity contribution in [3.05, 3.63) is 42.5 Å². The van der Waals surface area contributed by atoms with E-state index in [0.717, 1.165) is 31.0 Å². The van der Waals surface area contributed by atoms with Crippen molar-refractivity contribution >= 4 is 22.9 Å². The van der Waals surface area contributed by atoms with Gasteiger partial charge in [-0.05, 0) is 49.9 Å². The molecule has 158 valence electrons. The topological polar surface area (TPSA) is 96.9 Å². The summed E-state index contributed by atoms with van der Waals surface area (Å²) in [6.45, 7) is 3.74. The first-order valence-corrected chi connectivity index (χ1v) is 10.8. The molecule has 3 N–H and O–H groups in total. The number of methoxy groups -OCH3 is 1. The first-order valence-electron chi connectivity index (χ1n) is 9.83. The maximum absolute atomic E-state index is 12.7. The number of aliphatic hydroxyl groups is 1. The number of nitrogens with one attached hydrogen (secondary N) is 2. The molecular weight excluding hydrogens is 392 g/mol. The SMILES string of the molecule is C=CCCC[C@@H]1C[C@@H](NC(=O)c2ccc(OC)cc2)C[C@](O)([C@@H]2CSC(=O)N2)O1. The molecule has 0 bridgehead atoms. The van der Waals surface area contributed by atoms with Crippen LogP contribution < -0.4 is 15.4 Å². The molecule has 29 heavy (non-hydrogen) atoms. The van der Waals surface area contributed by atoms with Crippen molar-refractivity contribution in [3.8, 4) is 5.75 Å². The highest BCUT2D eigenvalue weighted by atomic mass is 32.2. The van der Waals surface area contributed by atoms with Crippen LogP contribution in [0.2, 0.25) is 0 Å². The molecule has 0 aliphatic carbocycles. The lowest BCUT2D eigenvalue weighted by molar-refractivity contribution is -0.269. The predicted molar refractivity (Wildman–Crippen MR) is 112 cm³/mol. The lowest BCUT2D eigenvalue weighted by atomic mass is 9.89. The molecule has 2 aliphatic rings. The number of ether oxygens (including phenoxy) is 2. The van der Waals surface area contributed by atoms with Crippen LogP contribution in [0.3, 0.4) is 0 Å². The summed E-state index contributed by atoms with van der Waals surface area (Å²) in [7, 11) is 1.57. The summed E-state index contributed by atoms with van der Waals surface area (Å²) in [5.41, 5.74) is 0.522. The molecule has 1 aromatic rings. The summed E-state index contributed by atoms with van der Waals surface area (Å²) < 4.78 is 11.2. The van der Waals surface area contributed by atoms with E-state index in [1.165, 1.54) is 0 Å². The van der Waals surface area contributed by atoms with Gasteiger partial charge in [-0.25, -0.2) is 0 Å². The van der Waals surface area contributed by atoms with Crippen LogP contribution in [0.15, 0.2) is 36.9 Å². The summed E-state index contributed by atoms with van der Waals surface area (Å²) in [6.07, 6.45) is 4.96. The quantitative estimate of drug-likeness (QED) is 0.442. The number of amides is 2. The fourth-order valence-corrected chi connectivity index (χ4v) is 4.67. The average Bonchev–Trinajstić information content (AvgIpc) is 3.15. The van der Waals surface area contributed by atoms with Crippen molar-refractivity contribution in [1.29, 1.82) is 0 Å². The van der Waals surface area contributed by atoms with Gasteiger partial charge in [0.1, 0.15) is 5.75 Å². The van der Waals surface area contributed by atoms with Crippen LogP contribution in [0.5, 0.6) is 5.75 Å². The molecule has 1 aromatic carbocycles. The molecule has 4 atom stereocenters. The van der Waals surface area contributed by atoms with Gasteiger partial charge < -0.3 is 25.2 Å². The average molecular weight is 421 g/mol. The summed E-state index contributed by atoms with van der Waals surface area (Å²) in [5, 5.41) is 16.8. The number of thioether (sulfide) groups is 1. The van der Waals surface area contributed by atoms with E-state index in [1.54, 1.807) is 31.4 Å². The third-order valence-electron chi connectivity index (χ3n) is 5.30. The Morgan fingerprint density at radius 2 is 2.24 bits per heavy atom. The summed E-state index contributed by atoms with van der Waals surface area (Å²) in [6, 6.07) is 6.11. The molecule has 0 unspecified atom stereocenters. The lowest BCUT2D eigenvalue weighted by Crippen LogP contribution is -2.60. The van der Waals surface area contributed by atoms with E-state index in [1.807, 2.05) is 6.08 Å². The van der Waals surface area contributed by atoms with Gasteiger partial charge in [0.05, 0.1) is 19.3 Å². The van der Waals surface area contributed by atoms with Gasteiger partial charge in [0.25, 0.3) is 11.1 Å². The van der Waals surface area contributed by atoms with Gasteiger partial charge in [-0.15, -0.1) is 6.58 Å². The lowest BCUT2D eigenvalue weighted by Gasteiger charge is -2.44. The van der Waals surface area contributed by atoms with Crippen molar-refractivity contribution in [2.75, 3.05) is 12.9 Å². The van der Waals surface area contributed by atoms with E-state index in [9.17, 15) is 14.7 Å². The summed E-state index contributed by atoms with van der Waals surface area (Å²) in [5.74, 6) is -0.600. The van der Waals surface area contributed by atoms with Gasteiger partial charge in [-0.2, -0.15) is 0 Å². The second-order valence-electron chi connectivity index (χ2n) is 7.44. The molecule has 3 rings (SSSR count). The molecule has 0 spiro atoms. The normalized spacial score (nSPS) is 29.2. The van der Waals surface area contributed by atoms with Gasteiger partial charge in [0, 0.05) is 23.8 Å². The van der Waals surface area contributed by atoms with E-state index < -0.39 is 11.8 Å². The van der Waals surface area contributed by atoms with Crippen molar-refractivity contribution in [3.63, 3.8) is 0 Å². The van der Waals surface area contributed by atoms with Crippen molar-refractivity contribution in [2.24, 2.45) is 0 Å². The van der Waals surface area contributed by atoms with Gasteiger partial charge >= 0.3 is 0 Å². The fourth-order valence-electron chi connectivity index (χ4n) is 3.78. The minimum Gasteiger partial charge on any atom is -0.497 e. The van der Waals surface area contributed by atoms with E-state index in [2.05, 4.69) is 17.2 Å². The highest BCUT2D eigenvalue weighted by Crippen LogP contribution is 2.35. The van der Waals surface area contributed by atoms with E-state index in [0.29, 0.717) is 23.5 Å². The second kappa shape index (κ2) is 9.65. The van der Waals surface area contributed by atoms with Crippen LogP contribution in [-0.4, -0.2) is 53.1 Å². The van der Waals surface area contributed by atoms with Crippen LogP contribution in [0.1, 0.15) is 42.5 Å². The van der Waals surface area contributed by atoms with Crippen LogP contribution in [-0.2, 0) is 4.74 Å². The van der Waals surface area contributed by atoms with Crippen LogP contribution in [0.25, 0.3) is 0 Å². The number of allylic oxidation sites excluding steroid dienone is 1. The third-order valence-corrected chi connectivity index (χ3v) is 6.18. The van der Waals surface area contributed by atoms with Crippen molar-refractivity contribution < 1.29 is 24.2 Å². The smallest absolute Gasteiger partial charge is 0.279 e. The summed E-state index contributed by atoms with van der Waals surface area (Å²) in [4.78, 5) is 24.3. The molecule has 0 radical (unpaired) electrons. The number of hydrogen-bond donors (Lipinski definition) is 3. The number of unbranched alkanes of at least 4 members (excludes halogenated alkanes) is 1. The Bertz CT molecular complexity index is 741. The molecule has 8 heteroatoms. The number of hydrogen-bond acceptors (Lipinski definition) is 6. The summed E-state index contributed by atoms with van der Waals surface area (Å²) >= 11 is 1.13. The Morgan fingerprint density at radius 1 is 1.48 bits per heavy atom. The number of benzene rings is 1. The monoisotopic (exact) mass is 420 g/mol. The molecule has 7 nitrogen and oxygen atoms in total. The largest absolute Gasteiger partial charge is 0.497 e. The molecular formula is C21H28N2O5S. The molecule has 2 aliphatic heterocycles. The maximum Gasteiger partial charge on any atom is 0.279 e. The minimum atomic E-state index is -1.51. The first-order chi connectivity index (χ1) is 13.9. The standard InChI is InChI=1S/C21H28N2O5S/c1-3-4-5-6-17-11-15(12-21(26,28-17)18-13-29-20(25)23-18)22-19(24)14-7-9-16(27-2)10-8-14/h3,7-10,15,17-18,26H,1,4-6,11-13H2,2H3,(H,22,24)(H,23,25)/t15-,17-,18+,21-/m1/s1. The van der Waals surface area contributed by atoms with Gasteiger partial charge in [0.2, 0.25) is 0 Å². The molecule has 2 amide bonds. The number of carbonyl (C=O) groups excluding carboxylic acids is 2. The van der Waals surface area contributed by atoms with Crippen molar-refractivity contribution in [1.82, 2.24) is 10.6 Å².